The molecule has 0 aromatic carbocycles. The van der Waals surface area contributed by atoms with Crippen molar-refractivity contribution in [1.82, 2.24) is 10.5 Å². The molecule has 0 saturated carbocycles. The van der Waals surface area contributed by atoms with Crippen LogP contribution < -0.4 is 5.53 Å². The van der Waals surface area contributed by atoms with Crippen molar-refractivity contribution in [2.24, 2.45) is 10.3 Å². The summed E-state index contributed by atoms with van der Waals surface area (Å²) in [5.41, 5.74) is 3.15. The summed E-state index contributed by atoms with van der Waals surface area (Å²) in [6, 6.07) is 0. The third kappa shape index (κ3) is 2.43. The number of nitrogens with one attached hydrogen (secondary N) is 1. The molecule has 0 bridgehead atoms. The Kier molecular flexibility index (Phi) is 3.98. The molecule has 0 fully saturated rings. The second-order valence-electron chi connectivity index (χ2n) is 2.06. The van der Waals surface area contributed by atoms with Crippen LogP contribution in [0.1, 0.15) is 0 Å². The van der Waals surface area contributed by atoms with Gasteiger partial charge >= 0.3 is 0 Å². The molecule has 7 heteroatoms. The Morgan fingerprint density at radius 1 is 1.83 bits per heavy atom. The lowest BCUT2D eigenvalue weighted by Gasteiger charge is -2.17. The Morgan fingerprint density at radius 3 is 3.33 bits per heavy atom. The normalized spacial score (nSPS) is 22.6. The molecule has 0 amide bonds. The molecule has 6 nitrogen and oxygen atoms in total. The Balaban J connectivity index is 2.28. The van der Waals surface area contributed by atoms with Crippen LogP contribution in [0.2, 0.25) is 0 Å². The summed E-state index contributed by atoms with van der Waals surface area (Å²) in [4.78, 5) is 10.2. The van der Waals surface area contributed by atoms with Gasteiger partial charge in [-0.05, 0) is 11.8 Å². The fourth-order valence-corrected chi connectivity index (χ4v) is 1.25. The molecule has 1 atom stereocenters. The Labute approximate surface area is 74.3 Å². The van der Waals surface area contributed by atoms with E-state index in [1.807, 2.05) is 0 Å². The zero-order valence-electron chi connectivity index (χ0n) is 6.64. The number of thioether (sulfide) groups is 1. The van der Waals surface area contributed by atoms with E-state index in [2.05, 4.69) is 15.9 Å². The van der Waals surface area contributed by atoms with Gasteiger partial charge in [0.1, 0.15) is 0 Å². The van der Waals surface area contributed by atoms with Gasteiger partial charge in [-0.2, -0.15) is 5.01 Å². The van der Waals surface area contributed by atoms with Gasteiger partial charge in [0.2, 0.25) is 0 Å². The number of nitrogens with zero attached hydrogens (tertiary/aromatic N) is 3. The number of carbonyl (C=O) groups is 1. The first-order valence-corrected chi connectivity index (χ1v) is 4.33. The van der Waals surface area contributed by atoms with E-state index < -0.39 is 0 Å². The average Bonchev–Trinajstić information content (AvgIpc) is 2.50. The molecule has 1 unspecified atom stereocenters. The van der Waals surface area contributed by atoms with Crippen LogP contribution in [0.5, 0.6) is 0 Å². The number of ether oxygens (including phenoxy) is 1. The van der Waals surface area contributed by atoms with Crippen molar-refractivity contribution in [3.05, 3.63) is 0 Å². The molecule has 1 aliphatic rings. The van der Waals surface area contributed by atoms with Crippen molar-refractivity contribution >= 4 is 17.4 Å². The van der Waals surface area contributed by atoms with Crippen molar-refractivity contribution < 1.29 is 9.53 Å². The molecule has 68 valence electrons. The van der Waals surface area contributed by atoms with E-state index in [4.69, 9.17) is 4.74 Å². The molecule has 0 spiro atoms. The molecule has 1 rings (SSSR count). The highest BCUT2D eigenvalue weighted by molar-refractivity contribution is 8.12. The highest BCUT2D eigenvalue weighted by Gasteiger charge is 2.21. The summed E-state index contributed by atoms with van der Waals surface area (Å²) in [6.45, 7) is 1.23. The standard InChI is InChI=1S/C5H10N4O2S/c1-11-3-2-9-5(12-4-10)6-7-8-9/h4-5H,2-3H2,1H3,(H,6,8). The van der Waals surface area contributed by atoms with Gasteiger partial charge in [0, 0.05) is 13.7 Å². The molecule has 12 heavy (non-hydrogen) atoms. The summed E-state index contributed by atoms with van der Waals surface area (Å²) in [5.74, 6) is 0. The summed E-state index contributed by atoms with van der Waals surface area (Å²) in [7, 11) is 1.62. The van der Waals surface area contributed by atoms with E-state index in [9.17, 15) is 4.79 Å². The average molecular weight is 190 g/mol. The lowest BCUT2D eigenvalue weighted by molar-refractivity contribution is 0.126. The number of rotatable bonds is 5. The Hall–Kier alpha value is -0.660. The van der Waals surface area contributed by atoms with Crippen molar-refractivity contribution in [2.75, 3.05) is 20.3 Å². The summed E-state index contributed by atoms with van der Waals surface area (Å²) < 4.78 is 4.87. The maximum absolute atomic E-state index is 10.2. The van der Waals surface area contributed by atoms with Crippen LogP contribution in [0.15, 0.2) is 10.3 Å². The van der Waals surface area contributed by atoms with E-state index >= 15 is 0 Å². The van der Waals surface area contributed by atoms with Gasteiger partial charge in [-0.1, -0.05) is 5.22 Å². The van der Waals surface area contributed by atoms with E-state index in [0.29, 0.717) is 13.2 Å². The number of methoxy groups -OCH3 is 1. The fourth-order valence-electron chi connectivity index (χ4n) is 0.745. The van der Waals surface area contributed by atoms with Gasteiger partial charge < -0.3 is 4.74 Å². The molecule has 1 heterocycles. The number of hydrogen-bond donors (Lipinski definition) is 1. The fraction of sp³-hybridized carbons (Fsp3) is 0.800. The van der Waals surface area contributed by atoms with E-state index in [-0.39, 0.29) is 5.50 Å². The molecular weight excluding hydrogens is 180 g/mol. The Bertz CT molecular complexity index is 177. The monoisotopic (exact) mass is 190 g/mol. The van der Waals surface area contributed by atoms with Crippen molar-refractivity contribution in [2.45, 2.75) is 5.50 Å². The minimum absolute atomic E-state index is 0.252. The van der Waals surface area contributed by atoms with Crippen molar-refractivity contribution in [3.8, 4) is 0 Å². The maximum atomic E-state index is 10.2. The molecule has 0 aliphatic carbocycles. The van der Waals surface area contributed by atoms with Gasteiger partial charge in [0.05, 0.1) is 6.61 Å². The van der Waals surface area contributed by atoms with Crippen LogP contribution in [-0.2, 0) is 9.53 Å². The zero-order valence-corrected chi connectivity index (χ0v) is 7.45. The SMILES string of the molecule is COCCN1NN=NC1SC=O. The predicted octanol–water partition coefficient (Wildman–Crippen LogP) is 0.0272. The van der Waals surface area contributed by atoms with Gasteiger partial charge in [0.15, 0.2) is 11.1 Å². The first-order valence-electron chi connectivity index (χ1n) is 3.38. The molecule has 0 aromatic heterocycles. The number of hydrogen-bond acceptors (Lipinski definition) is 7. The topological polar surface area (TPSA) is 66.3 Å². The van der Waals surface area contributed by atoms with Crippen LogP contribution in [-0.4, -0.2) is 36.4 Å². The molecule has 0 aromatic rings. The summed E-state index contributed by atoms with van der Waals surface area (Å²) in [5, 5.41) is 9.08. The zero-order chi connectivity index (χ0) is 8.81. The van der Waals surface area contributed by atoms with Gasteiger partial charge in [-0.25, -0.2) is 5.53 Å². The highest BCUT2D eigenvalue weighted by Crippen LogP contribution is 2.16. The first kappa shape index (κ1) is 9.43. The molecule has 1 aliphatic heterocycles. The quantitative estimate of drug-likeness (QED) is 0.619. The minimum Gasteiger partial charge on any atom is -0.383 e. The smallest absolute Gasteiger partial charge is 0.196 e. The minimum atomic E-state index is -0.252. The van der Waals surface area contributed by atoms with Crippen LogP contribution in [0.3, 0.4) is 0 Å². The molecule has 0 saturated heterocycles. The van der Waals surface area contributed by atoms with Crippen molar-refractivity contribution in [1.29, 1.82) is 0 Å². The summed E-state index contributed by atoms with van der Waals surface area (Å²) >= 11 is 1.06. The van der Waals surface area contributed by atoms with E-state index in [0.717, 1.165) is 17.4 Å². The molecular formula is C5H10N4O2S. The second-order valence-corrected chi connectivity index (χ2v) is 2.95. The third-order valence-electron chi connectivity index (χ3n) is 1.31. The van der Waals surface area contributed by atoms with Gasteiger partial charge in [-0.3, -0.25) is 4.79 Å². The largest absolute Gasteiger partial charge is 0.383 e. The third-order valence-corrected chi connectivity index (χ3v) is 2.01. The van der Waals surface area contributed by atoms with E-state index in [1.165, 1.54) is 0 Å². The first-order chi connectivity index (χ1) is 5.88. The lowest BCUT2D eigenvalue weighted by Crippen LogP contribution is -2.38. The summed E-state index contributed by atoms with van der Waals surface area (Å²) in [6.07, 6.45) is 0. The molecule has 0 radical (unpaired) electrons. The van der Waals surface area contributed by atoms with Crippen LogP contribution in [0.4, 0.5) is 0 Å². The van der Waals surface area contributed by atoms with Crippen molar-refractivity contribution in [3.63, 3.8) is 0 Å². The van der Waals surface area contributed by atoms with Crippen LogP contribution in [0, 0.1) is 0 Å². The Morgan fingerprint density at radius 2 is 2.67 bits per heavy atom. The van der Waals surface area contributed by atoms with Gasteiger partial charge in [-0.15, -0.1) is 5.11 Å². The second kappa shape index (κ2) is 5.07. The number of hydrazine groups is 1. The van der Waals surface area contributed by atoms with E-state index in [1.54, 1.807) is 12.1 Å². The predicted molar refractivity (Wildman–Crippen MR) is 44.7 cm³/mol. The van der Waals surface area contributed by atoms with Gasteiger partial charge in [0.25, 0.3) is 0 Å². The molecule has 1 N–H and O–H groups in total. The highest BCUT2D eigenvalue weighted by atomic mass is 32.2. The maximum Gasteiger partial charge on any atom is 0.196 e. The lowest BCUT2D eigenvalue weighted by atomic mass is 10.7. The van der Waals surface area contributed by atoms with Crippen LogP contribution >= 0.6 is 11.8 Å². The van der Waals surface area contributed by atoms with Crippen LogP contribution in [0.25, 0.3) is 0 Å². The number of carbonyl (C=O) groups excluding carboxylic acids is 1.